The number of hydrogen-bond donors (Lipinski definition) is 2. The van der Waals surface area contributed by atoms with Crippen molar-refractivity contribution in [3.63, 3.8) is 0 Å². The third-order valence-electron chi connectivity index (χ3n) is 4.29. The lowest BCUT2D eigenvalue weighted by molar-refractivity contribution is -0.0796. The summed E-state index contributed by atoms with van der Waals surface area (Å²) < 4.78 is 5.87. The summed E-state index contributed by atoms with van der Waals surface area (Å²) in [6.07, 6.45) is 1.01. The quantitative estimate of drug-likeness (QED) is 0.371. The summed E-state index contributed by atoms with van der Waals surface area (Å²) >= 11 is 0. The van der Waals surface area contributed by atoms with Gasteiger partial charge in [-0.3, -0.25) is 5.41 Å². The smallest absolute Gasteiger partial charge is 0.207 e. The first-order chi connectivity index (χ1) is 11.3. The zero-order valence-electron chi connectivity index (χ0n) is 14.2. The van der Waals surface area contributed by atoms with Gasteiger partial charge in [-0.25, -0.2) is 4.90 Å². The van der Waals surface area contributed by atoms with E-state index in [0.29, 0.717) is 23.4 Å². The van der Waals surface area contributed by atoms with Gasteiger partial charge in [-0.15, -0.1) is 0 Å². The zero-order chi connectivity index (χ0) is 18.1. The molecule has 1 heterocycles. The molecule has 1 aliphatic rings. The van der Waals surface area contributed by atoms with E-state index in [-0.39, 0.29) is 5.96 Å². The Bertz CT molecular complexity index is 731. The van der Waals surface area contributed by atoms with E-state index in [2.05, 4.69) is 6.07 Å². The molecule has 1 aliphatic heterocycles. The predicted octanol–water partition coefficient (Wildman–Crippen LogP) is 1.80. The highest BCUT2D eigenvalue weighted by Crippen LogP contribution is 2.42. The van der Waals surface area contributed by atoms with Crippen LogP contribution in [0.15, 0.2) is 18.2 Å². The minimum atomic E-state index is -0.943. The number of guanidine groups is 1. The summed E-state index contributed by atoms with van der Waals surface area (Å²) in [5.41, 5.74) is 0.202. The summed E-state index contributed by atoms with van der Waals surface area (Å²) in [5.74, 6) is 0.545. The lowest BCUT2D eigenvalue weighted by atomic mass is 9.85. The first-order valence-corrected chi connectivity index (χ1v) is 7.66. The van der Waals surface area contributed by atoms with E-state index in [1.807, 2.05) is 6.19 Å². The minimum absolute atomic E-state index is 0.0185. The van der Waals surface area contributed by atoms with E-state index in [4.69, 9.17) is 20.7 Å². The Morgan fingerprint density at radius 2 is 2.08 bits per heavy atom. The number of likely N-dealkylation sites (N-methyl/N-ethyl adjacent to an activating group) is 1. The number of rotatable bonds is 2. The summed E-state index contributed by atoms with van der Waals surface area (Å²) in [6, 6.07) is 6.48. The molecular formula is C17H21N5O2. The van der Waals surface area contributed by atoms with E-state index in [0.717, 1.165) is 0 Å². The van der Waals surface area contributed by atoms with Gasteiger partial charge in [0.05, 0.1) is 17.7 Å². The van der Waals surface area contributed by atoms with E-state index in [1.54, 1.807) is 50.9 Å². The molecule has 0 aromatic heterocycles. The molecule has 7 heteroatoms. The molecule has 0 spiro atoms. The Labute approximate surface area is 141 Å². The Hall–Kier alpha value is -2.77. The van der Waals surface area contributed by atoms with Crippen molar-refractivity contribution in [2.24, 2.45) is 0 Å². The van der Waals surface area contributed by atoms with Gasteiger partial charge in [0.15, 0.2) is 6.19 Å². The van der Waals surface area contributed by atoms with Crippen molar-refractivity contribution in [3.8, 4) is 18.0 Å². The third-order valence-corrected chi connectivity index (χ3v) is 4.29. The van der Waals surface area contributed by atoms with Crippen molar-refractivity contribution in [1.29, 1.82) is 15.9 Å². The van der Waals surface area contributed by atoms with Crippen LogP contribution in [0.3, 0.4) is 0 Å². The van der Waals surface area contributed by atoms with Gasteiger partial charge >= 0.3 is 0 Å². The molecule has 1 aromatic rings. The van der Waals surface area contributed by atoms with Crippen LogP contribution in [-0.4, -0.2) is 46.2 Å². The largest absolute Gasteiger partial charge is 0.485 e. The predicted molar refractivity (Wildman–Crippen MR) is 88.1 cm³/mol. The molecule has 24 heavy (non-hydrogen) atoms. The van der Waals surface area contributed by atoms with Crippen molar-refractivity contribution in [2.75, 3.05) is 13.6 Å². The molecule has 0 aliphatic carbocycles. The van der Waals surface area contributed by atoms with Crippen LogP contribution in [0.1, 0.15) is 37.9 Å². The van der Waals surface area contributed by atoms with Gasteiger partial charge in [-0.2, -0.15) is 10.5 Å². The fourth-order valence-electron chi connectivity index (χ4n) is 2.85. The second kappa shape index (κ2) is 6.38. The van der Waals surface area contributed by atoms with Crippen LogP contribution in [0.2, 0.25) is 0 Å². The van der Waals surface area contributed by atoms with Gasteiger partial charge in [0.2, 0.25) is 5.96 Å². The average Bonchev–Trinajstić information content (AvgIpc) is 2.56. The van der Waals surface area contributed by atoms with Crippen molar-refractivity contribution in [2.45, 2.75) is 38.5 Å². The normalized spacial score (nSPS) is 20.8. The molecule has 2 atom stereocenters. The summed E-state index contributed by atoms with van der Waals surface area (Å²) in [5, 5.41) is 37.4. The maximum Gasteiger partial charge on any atom is 0.207 e. The monoisotopic (exact) mass is 327 g/mol. The van der Waals surface area contributed by atoms with Gasteiger partial charge in [-0.1, -0.05) is 0 Å². The topological polar surface area (TPSA) is 107 Å². The SMILES string of the molecule is CCN(C#N)C(=N)N(C)[C@@H]1c2cc(C#N)ccc2OC(C)(C)[C@H]1O. The second-order valence-electron chi connectivity index (χ2n) is 6.24. The van der Waals surface area contributed by atoms with Crippen LogP contribution in [0.25, 0.3) is 0 Å². The van der Waals surface area contributed by atoms with E-state index in [1.165, 1.54) is 4.90 Å². The molecule has 2 N–H and O–H groups in total. The Balaban J connectivity index is 2.53. The van der Waals surface area contributed by atoms with Crippen LogP contribution in [-0.2, 0) is 0 Å². The number of nitrogens with one attached hydrogen (secondary N) is 1. The van der Waals surface area contributed by atoms with Crippen molar-refractivity contribution < 1.29 is 9.84 Å². The molecule has 1 aromatic carbocycles. The molecule has 0 saturated heterocycles. The number of aliphatic hydroxyl groups excluding tert-OH is 1. The molecule has 0 fully saturated rings. The molecule has 0 unspecified atom stereocenters. The fraction of sp³-hybridized carbons (Fsp3) is 0.471. The molecule has 0 radical (unpaired) electrons. The molecule has 0 saturated carbocycles. The highest BCUT2D eigenvalue weighted by Gasteiger charge is 2.45. The van der Waals surface area contributed by atoms with Gasteiger partial charge < -0.3 is 14.7 Å². The number of benzene rings is 1. The van der Waals surface area contributed by atoms with Crippen molar-refractivity contribution in [3.05, 3.63) is 29.3 Å². The first-order valence-electron chi connectivity index (χ1n) is 7.66. The van der Waals surface area contributed by atoms with Gasteiger partial charge in [0, 0.05) is 19.2 Å². The Kier molecular flexibility index (Phi) is 4.68. The standard InChI is InChI=1S/C17H21N5O2/c1-5-22(10-19)16(20)21(4)14-12-8-11(9-18)6-7-13(12)24-17(2,3)15(14)23/h6-8,14-15,20,23H,5H2,1-4H3/t14-,15+/m1/s1. The maximum atomic E-state index is 10.8. The van der Waals surface area contributed by atoms with Crippen molar-refractivity contribution >= 4 is 5.96 Å². The zero-order valence-corrected chi connectivity index (χ0v) is 14.2. The molecule has 7 nitrogen and oxygen atoms in total. The van der Waals surface area contributed by atoms with Crippen LogP contribution >= 0.6 is 0 Å². The second-order valence-corrected chi connectivity index (χ2v) is 6.24. The van der Waals surface area contributed by atoms with Crippen LogP contribution < -0.4 is 4.74 Å². The summed E-state index contributed by atoms with van der Waals surface area (Å²) in [6.45, 7) is 5.67. The first kappa shape index (κ1) is 17.6. The molecule has 2 rings (SSSR count). The number of nitriles is 2. The van der Waals surface area contributed by atoms with E-state index in [9.17, 15) is 5.11 Å². The molecular weight excluding hydrogens is 306 g/mol. The number of hydrogen-bond acceptors (Lipinski definition) is 5. The molecule has 0 bridgehead atoms. The number of ether oxygens (including phenoxy) is 1. The highest BCUT2D eigenvalue weighted by molar-refractivity contribution is 5.79. The van der Waals surface area contributed by atoms with Gasteiger partial charge in [0.25, 0.3) is 0 Å². The van der Waals surface area contributed by atoms with Gasteiger partial charge in [-0.05, 0) is 39.0 Å². The number of nitrogens with zero attached hydrogens (tertiary/aromatic N) is 4. The summed E-state index contributed by atoms with van der Waals surface area (Å²) in [4.78, 5) is 2.77. The maximum absolute atomic E-state index is 10.8. The lowest BCUT2D eigenvalue weighted by Gasteiger charge is -2.46. The molecule has 126 valence electrons. The number of aliphatic hydroxyl groups is 1. The van der Waals surface area contributed by atoms with E-state index < -0.39 is 17.7 Å². The Morgan fingerprint density at radius 1 is 1.42 bits per heavy atom. The van der Waals surface area contributed by atoms with Crippen LogP contribution in [0, 0.1) is 28.2 Å². The fourth-order valence-corrected chi connectivity index (χ4v) is 2.85. The van der Waals surface area contributed by atoms with Crippen molar-refractivity contribution in [1.82, 2.24) is 9.80 Å². The highest BCUT2D eigenvalue weighted by atomic mass is 16.5. The van der Waals surface area contributed by atoms with Gasteiger partial charge in [0.1, 0.15) is 17.5 Å². The van der Waals surface area contributed by atoms with Crippen LogP contribution in [0.4, 0.5) is 0 Å². The van der Waals surface area contributed by atoms with Crippen LogP contribution in [0.5, 0.6) is 5.75 Å². The lowest BCUT2D eigenvalue weighted by Crippen LogP contribution is -2.55. The third kappa shape index (κ3) is 2.86. The molecule has 0 amide bonds. The summed E-state index contributed by atoms with van der Waals surface area (Å²) in [7, 11) is 1.65. The minimum Gasteiger partial charge on any atom is -0.485 e. The average molecular weight is 327 g/mol. The van der Waals surface area contributed by atoms with E-state index >= 15 is 0 Å². The number of fused-ring (bicyclic) bond motifs is 1. The Morgan fingerprint density at radius 3 is 2.62 bits per heavy atom.